The first-order chi connectivity index (χ1) is 19.9. The third-order valence-electron chi connectivity index (χ3n) is 7.46. The van der Waals surface area contributed by atoms with Crippen molar-refractivity contribution in [3.63, 3.8) is 0 Å². The Morgan fingerprint density at radius 1 is 0.905 bits per heavy atom. The maximum atomic E-state index is 14.8. The Labute approximate surface area is 238 Å². The quantitative estimate of drug-likeness (QED) is 0.132. The van der Waals surface area contributed by atoms with E-state index in [-0.39, 0.29) is 23.6 Å². The predicted octanol–water partition coefficient (Wildman–Crippen LogP) is 8.41. The van der Waals surface area contributed by atoms with Gasteiger partial charge in [-0.25, -0.2) is 41.0 Å². The Hall–Kier alpha value is -3.86. The molecule has 2 aliphatic rings. The molecule has 0 saturated heterocycles. The number of halogens is 8. The third-order valence-corrected chi connectivity index (χ3v) is 7.46. The van der Waals surface area contributed by atoms with Crippen LogP contribution >= 0.6 is 0 Å². The van der Waals surface area contributed by atoms with Crippen LogP contribution in [0.3, 0.4) is 0 Å². The van der Waals surface area contributed by atoms with Crippen molar-refractivity contribution in [3.8, 4) is 0 Å². The number of rotatable bonds is 9. The summed E-state index contributed by atoms with van der Waals surface area (Å²) < 4.78 is 113. The average Bonchev–Trinajstić information content (AvgIpc) is 3.06. The number of alkyl halides is 1. The lowest BCUT2D eigenvalue weighted by molar-refractivity contribution is 0.330. The van der Waals surface area contributed by atoms with E-state index in [1.165, 1.54) is 0 Å². The molecule has 0 radical (unpaired) electrons. The van der Waals surface area contributed by atoms with E-state index in [9.17, 15) is 35.1 Å². The third kappa shape index (κ3) is 6.46. The normalized spacial score (nSPS) is 17.6. The highest BCUT2D eigenvalue weighted by atomic mass is 19.2. The van der Waals surface area contributed by atoms with Crippen molar-refractivity contribution < 1.29 is 35.1 Å². The van der Waals surface area contributed by atoms with Gasteiger partial charge >= 0.3 is 0 Å². The number of nitrogens with zero attached hydrogens (tertiary/aromatic N) is 1. The molecule has 0 fully saturated rings. The zero-order valence-corrected chi connectivity index (χ0v) is 22.9. The van der Waals surface area contributed by atoms with Crippen molar-refractivity contribution in [3.05, 3.63) is 122 Å². The molecule has 42 heavy (non-hydrogen) atoms. The van der Waals surface area contributed by atoms with E-state index in [1.807, 2.05) is 18.2 Å². The number of hydrazine groups is 1. The fourth-order valence-corrected chi connectivity index (χ4v) is 4.83. The second-order valence-electron chi connectivity index (χ2n) is 10.3. The van der Waals surface area contributed by atoms with Crippen molar-refractivity contribution in [1.29, 1.82) is 0 Å². The van der Waals surface area contributed by atoms with Crippen molar-refractivity contribution >= 4 is 5.69 Å². The van der Waals surface area contributed by atoms with Crippen LogP contribution in [0.1, 0.15) is 36.5 Å². The number of allylic oxidation sites excluding steroid dienone is 8. The van der Waals surface area contributed by atoms with Gasteiger partial charge in [0, 0.05) is 35.5 Å². The Morgan fingerprint density at radius 2 is 1.55 bits per heavy atom. The van der Waals surface area contributed by atoms with Gasteiger partial charge in [0.05, 0.1) is 12.1 Å². The number of hydrogen-bond acceptors (Lipinski definition) is 3. The summed E-state index contributed by atoms with van der Waals surface area (Å²) in [6, 6.07) is 7.16. The van der Waals surface area contributed by atoms with Crippen LogP contribution in [0.5, 0.6) is 0 Å². The molecule has 0 spiro atoms. The maximum Gasteiger partial charge on any atom is 0.167 e. The number of nitrogens with one attached hydrogen (secondary N) is 1. The molecule has 2 aromatic carbocycles. The van der Waals surface area contributed by atoms with E-state index in [0.717, 1.165) is 24.4 Å². The van der Waals surface area contributed by atoms with Crippen molar-refractivity contribution in [2.75, 3.05) is 18.5 Å². The van der Waals surface area contributed by atoms with Crippen LogP contribution in [0.25, 0.3) is 0 Å². The molecule has 1 atom stereocenters. The Morgan fingerprint density at radius 3 is 2.12 bits per heavy atom. The number of benzene rings is 2. The van der Waals surface area contributed by atoms with E-state index >= 15 is 0 Å². The predicted molar refractivity (Wildman–Crippen MR) is 145 cm³/mol. The van der Waals surface area contributed by atoms with E-state index in [0.29, 0.717) is 24.2 Å². The van der Waals surface area contributed by atoms with E-state index in [1.54, 1.807) is 24.3 Å². The Bertz CT molecular complexity index is 1490. The second-order valence-corrected chi connectivity index (χ2v) is 10.3. The summed E-state index contributed by atoms with van der Waals surface area (Å²) in [4.78, 5) is 0. The van der Waals surface area contributed by atoms with Crippen molar-refractivity contribution in [1.82, 2.24) is 5.01 Å². The molecule has 0 bridgehead atoms. The molecular formula is C31H29F8N3. The molecule has 1 unspecified atom stereocenters. The fraction of sp³-hybridized carbons (Fsp3) is 0.290. The minimum absolute atomic E-state index is 0.0627. The average molecular weight is 596 g/mol. The van der Waals surface area contributed by atoms with Gasteiger partial charge in [0.1, 0.15) is 18.3 Å². The molecule has 2 aromatic rings. The van der Waals surface area contributed by atoms with Gasteiger partial charge in [-0.1, -0.05) is 24.3 Å². The molecule has 0 aliphatic heterocycles. The number of anilines is 1. The topological polar surface area (TPSA) is 41.3 Å². The van der Waals surface area contributed by atoms with Crippen LogP contribution in [-0.4, -0.2) is 18.2 Å². The van der Waals surface area contributed by atoms with Crippen molar-refractivity contribution in [2.24, 2.45) is 11.8 Å². The monoisotopic (exact) mass is 595 g/mol. The molecule has 3 nitrogen and oxygen atoms in total. The van der Waals surface area contributed by atoms with Gasteiger partial charge in [-0.15, -0.1) is 0 Å². The lowest BCUT2D eigenvalue weighted by Gasteiger charge is -2.25. The van der Waals surface area contributed by atoms with Gasteiger partial charge in [0.25, 0.3) is 0 Å². The first-order valence-corrected chi connectivity index (χ1v) is 13.2. The largest absolute Gasteiger partial charge is 0.381 e. The second kappa shape index (κ2) is 13.0. The molecular weight excluding hydrogens is 566 g/mol. The van der Waals surface area contributed by atoms with E-state index < -0.39 is 77.1 Å². The molecule has 0 saturated carbocycles. The van der Waals surface area contributed by atoms with Crippen LogP contribution in [0.15, 0.2) is 82.4 Å². The highest BCUT2D eigenvalue weighted by molar-refractivity contribution is 5.50. The zero-order valence-electron chi connectivity index (χ0n) is 22.9. The number of nitrogens with two attached hydrogens (primary N) is 1. The summed E-state index contributed by atoms with van der Waals surface area (Å²) in [5.41, 5.74) is -0.536. The van der Waals surface area contributed by atoms with Gasteiger partial charge in [-0.05, 0) is 67.5 Å². The molecule has 11 heteroatoms. The van der Waals surface area contributed by atoms with Crippen LogP contribution in [0.2, 0.25) is 0 Å². The van der Waals surface area contributed by atoms with Gasteiger partial charge in [0.15, 0.2) is 29.1 Å². The lowest BCUT2D eigenvalue weighted by Crippen LogP contribution is -2.31. The van der Waals surface area contributed by atoms with E-state index in [2.05, 4.69) is 5.32 Å². The highest BCUT2D eigenvalue weighted by Gasteiger charge is 2.26. The molecule has 0 heterocycles. The molecule has 0 amide bonds. The standard InChI is InChI=1S/C31H29F8N3/c1-16-23(13-32)29(37)20(12-25(33)26(16)34)14-41-21-7-3-18(4-8-21)11-19-5-9-22(10-6-19)42(40)15-24-30(38)27(35)17(2)28(36)31(24)39/h3-5,7-10,19,41H,6,11-15,40H2,1-2H3. The van der Waals surface area contributed by atoms with Crippen molar-refractivity contribution in [2.45, 2.75) is 39.7 Å². The van der Waals surface area contributed by atoms with E-state index in [4.69, 9.17) is 5.84 Å². The SMILES string of the molecule is CC1=C(CF)C(F)=C(CNc2ccc(CC3C=CC(N(N)Cc4c(F)c(F)c(C)c(F)c4F)=CC3)cc2)CC(F)=C1F. The first-order valence-electron chi connectivity index (χ1n) is 13.2. The minimum atomic E-state index is -1.48. The van der Waals surface area contributed by atoms with Crippen LogP contribution < -0.4 is 11.2 Å². The molecule has 3 N–H and O–H groups in total. The zero-order chi connectivity index (χ0) is 30.7. The summed E-state index contributed by atoms with van der Waals surface area (Å²) in [5.74, 6) is -3.22. The highest BCUT2D eigenvalue weighted by Crippen LogP contribution is 2.35. The van der Waals surface area contributed by atoms with Gasteiger partial charge in [-0.3, -0.25) is 0 Å². The molecule has 224 valence electrons. The summed E-state index contributed by atoms with van der Waals surface area (Å²) >= 11 is 0. The summed E-state index contributed by atoms with van der Waals surface area (Å²) in [7, 11) is 0. The summed E-state index contributed by atoms with van der Waals surface area (Å²) in [6.45, 7) is 0.107. The Balaban J connectivity index is 1.34. The molecule has 2 aliphatic carbocycles. The molecule has 4 rings (SSSR count). The van der Waals surface area contributed by atoms with Gasteiger partial charge in [0.2, 0.25) is 0 Å². The number of hydrogen-bond donors (Lipinski definition) is 2. The van der Waals surface area contributed by atoms with Crippen LogP contribution in [0, 0.1) is 36.1 Å². The van der Waals surface area contributed by atoms with Gasteiger partial charge < -0.3 is 10.3 Å². The fourth-order valence-electron chi connectivity index (χ4n) is 4.83. The summed E-state index contributed by atoms with van der Waals surface area (Å²) in [5, 5.41) is 3.97. The first kappa shape index (κ1) is 31.1. The lowest BCUT2D eigenvalue weighted by atomic mass is 9.92. The summed E-state index contributed by atoms with van der Waals surface area (Å²) in [6.07, 6.45) is 5.84. The molecule has 0 aromatic heterocycles. The van der Waals surface area contributed by atoms with Crippen LogP contribution in [-0.2, 0) is 13.0 Å². The maximum absolute atomic E-state index is 14.8. The Kier molecular flexibility index (Phi) is 9.60. The smallest absolute Gasteiger partial charge is 0.167 e. The minimum Gasteiger partial charge on any atom is -0.381 e. The van der Waals surface area contributed by atoms with Gasteiger partial charge in [-0.2, -0.15) is 0 Å². The van der Waals surface area contributed by atoms with Crippen LogP contribution in [0.4, 0.5) is 40.8 Å².